The lowest BCUT2D eigenvalue weighted by Crippen LogP contribution is -2.40. The second-order valence-corrected chi connectivity index (χ2v) is 5.52. The highest BCUT2D eigenvalue weighted by molar-refractivity contribution is 7.09. The molecular weight excluding hydrogens is 244 g/mol. The number of alkyl halides is 1. The number of amides is 1. The molecule has 1 heterocycles. The molecule has 0 aliphatic carbocycles. The topological polar surface area (TPSA) is 42.0 Å². The zero-order valence-electron chi connectivity index (χ0n) is 9.79. The van der Waals surface area contributed by atoms with Crippen molar-refractivity contribution in [1.82, 2.24) is 10.3 Å². The van der Waals surface area contributed by atoms with Gasteiger partial charge in [-0.05, 0) is 20.3 Å². The number of hydrogen-bond donors (Lipinski definition) is 1. The fourth-order valence-corrected chi connectivity index (χ4v) is 2.05. The summed E-state index contributed by atoms with van der Waals surface area (Å²) in [4.78, 5) is 16.2. The highest BCUT2D eigenvalue weighted by Crippen LogP contribution is 2.23. The molecule has 90 valence electrons. The van der Waals surface area contributed by atoms with Crippen LogP contribution < -0.4 is 5.32 Å². The van der Waals surface area contributed by atoms with Crippen LogP contribution in [0.4, 0.5) is 0 Å². The molecule has 1 atom stereocenters. The number of nitrogens with one attached hydrogen (secondary N) is 1. The molecule has 0 spiro atoms. The molecule has 0 saturated heterocycles. The van der Waals surface area contributed by atoms with E-state index in [1.165, 1.54) is 0 Å². The van der Waals surface area contributed by atoms with Crippen LogP contribution in [-0.4, -0.2) is 16.8 Å². The van der Waals surface area contributed by atoms with E-state index < -0.39 is 5.41 Å². The van der Waals surface area contributed by atoms with Gasteiger partial charge in [-0.15, -0.1) is 22.9 Å². The summed E-state index contributed by atoms with van der Waals surface area (Å²) in [6, 6.07) is -0.00464. The van der Waals surface area contributed by atoms with Crippen LogP contribution in [0.3, 0.4) is 0 Å². The Hall–Kier alpha value is -0.610. The van der Waals surface area contributed by atoms with Crippen LogP contribution in [0.1, 0.15) is 38.2 Å². The van der Waals surface area contributed by atoms with Crippen molar-refractivity contribution in [2.24, 2.45) is 5.41 Å². The van der Waals surface area contributed by atoms with Crippen molar-refractivity contribution < 1.29 is 4.79 Å². The predicted molar refractivity (Wildman–Crippen MR) is 67.8 cm³/mol. The second-order valence-electron chi connectivity index (χ2n) is 4.32. The summed E-state index contributed by atoms with van der Waals surface area (Å²) < 4.78 is 0. The van der Waals surface area contributed by atoms with E-state index in [0.29, 0.717) is 5.88 Å². The van der Waals surface area contributed by atoms with Gasteiger partial charge in [-0.2, -0.15) is 0 Å². The zero-order chi connectivity index (χ0) is 12.2. The molecule has 0 fully saturated rings. The first-order valence-corrected chi connectivity index (χ1v) is 6.69. The van der Waals surface area contributed by atoms with Gasteiger partial charge in [0.1, 0.15) is 5.01 Å². The minimum atomic E-state index is -0.535. The summed E-state index contributed by atoms with van der Waals surface area (Å²) in [5.41, 5.74) is -0.535. The molecule has 16 heavy (non-hydrogen) atoms. The number of carbonyl (C=O) groups is 1. The summed E-state index contributed by atoms with van der Waals surface area (Å²) in [7, 11) is 0. The van der Waals surface area contributed by atoms with Gasteiger partial charge in [0, 0.05) is 17.5 Å². The van der Waals surface area contributed by atoms with E-state index in [2.05, 4.69) is 10.3 Å². The van der Waals surface area contributed by atoms with Crippen molar-refractivity contribution in [3.05, 3.63) is 16.6 Å². The van der Waals surface area contributed by atoms with Crippen LogP contribution in [0, 0.1) is 5.41 Å². The van der Waals surface area contributed by atoms with Crippen molar-refractivity contribution in [3.63, 3.8) is 0 Å². The standard InChI is InChI=1S/C11H17ClN2OS/c1-4-8(9-13-5-6-16-9)14-10(15)11(2,3)7-12/h5-6,8H,4,7H2,1-3H3,(H,14,15). The molecule has 0 bridgehead atoms. The van der Waals surface area contributed by atoms with Crippen LogP contribution in [-0.2, 0) is 4.79 Å². The van der Waals surface area contributed by atoms with E-state index in [4.69, 9.17) is 11.6 Å². The first-order chi connectivity index (χ1) is 7.51. The second kappa shape index (κ2) is 5.64. The largest absolute Gasteiger partial charge is 0.346 e. The first-order valence-electron chi connectivity index (χ1n) is 5.27. The smallest absolute Gasteiger partial charge is 0.227 e. The average Bonchev–Trinajstić information content (AvgIpc) is 2.78. The van der Waals surface area contributed by atoms with Gasteiger partial charge < -0.3 is 5.32 Å². The van der Waals surface area contributed by atoms with Crippen LogP contribution >= 0.6 is 22.9 Å². The molecule has 5 heteroatoms. The fourth-order valence-electron chi connectivity index (χ4n) is 1.16. The molecule has 0 radical (unpaired) electrons. The summed E-state index contributed by atoms with van der Waals surface area (Å²) in [6.07, 6.45) is 2.58. The number of nitrogens with zero attached hydrogens (tertiary/aromatic N) is 1. The lowest BCUT2D eigenvalue weighted by Gasteiger charge is -2.24. The molecule has 3 nitrogen and oxygen atoms in total. The van der Waals surface area contributed by atoms with Crippen molar-refractivity contribution in [1.29, 1.82) is 0 Å². The van der Waals surface area contributed by atoms with Gasteiger partial charge in [0.15, 0.2) is 0 Å². The molecule has 1 rings (SSSR count). The quantitative estimate of drug-likeness (QED) is 0.827. The Morgan fingerprint density at radius 1 is 1.69 bits per heavy atom. The van der Waals surface area contributed by atoms with Gasteiger partial charge >= 0.3 is 0 Å². The van der Waals surface area contributed by atoms with Crippen molar-refractivity contribution in [2.45, 2.75) is 33.2 Å². The lowest BCUT2D eigenvalue weighted by atomic mass is 9.94. The van der Waals surface area contributed by atoms with E-state index >= 15 is 0 Å². The molecule has 1 aromatic rings. The normalized spacial score (nSPS) is 13.5. The van der Waals surface area contributed by atoms with Crippen molar-refractivity contribution in [2.75, 3.05) is 5.88 Å². The van der Waals surface area contributed by atoms with E-state index in [-0.39, 0.29) is 11.9 Å². The van der Waals surface area contributed by atoms with Gasteiger partial charge in [-0.25, -0.2) is 4.98 Å². The van der Waals surface area contributed by atoms with Gasteiger partial charge in [0.25, 0.3) is 0 Å². The van der Waals surface area contributed by atoms with Crippen LogP contribution in [0.2, 0.25) is 0 Å². The number of carbonyl (C=O) groups excluding carboxylic acids is 1. The van der Waals surface area contributed by atoms with Crippen LogP contribution in [0.15, 0.2) is 11.6 Å². The third-order valence-electron chi connectivity index (χ3n) is 2.41. The maximum atomic E-state index is 11.9. The minimum Gasteiger partial charge on any atom is -0.346 e. The Morgan fingerprint density at radius 2 is 2.38 bits per heavy atom. The van der Waals surface area contributed by atoms with Crippen LogP contribution in [0.25, 0.3) is 0 Å². The molecule has 1 amide bonds. The fraction of sp³-hybridized carbons (Fsp3) is 0.636. The molecular formula is C11H17ClN2OS. The summed E-state index contributed by atoms with van der Waals surface area (Å²) in [5, 5.41) is 5.84. The van der Waals surface area contributed by atoms with Gasteiger partial charge in [-0.3, -0.25) is 4.79 Å². The summed E-state index contributed by atoms with van der Waals surface area (Å²) in [5.74, 6) is 0.289. The Balaban J connectivity index is 2.68. The Bertz CT molecular complexity index is 338. The SMILES string of the molecule is CCC(NC(=O)C(C)(C)CCl)c1nccs1. The molecule has 0 saturated carbocycles. The maximum absolute atomic E-state index is 11.9. The summed E-state index contributed by atoms with van der Waals surface area (Å²) >= 11 is 7.32. The number of hydrogen-bond acceptors (Lipinski definition) is 3. The van der Waals surface area contributed by atoms with Crippen molar-refractivity contribution >= 4 is 28.8 Å². The number of halogens is 1. The lowest BCUT2D eigenvalue weighted by molar-refractivity contribution is -0.129. The molecule has 1 unspecified atom stereocenters. The Morgan fingerprint density at radius 3 is 2.81 bits per heavy atom. The zero-order valence-corrected chi connectivity index (χ0v) is 11.4. The molecule has 0 aromatic carbocycles. The first kappa shape index (κ1) is 13.5. The average molecular weight is 261 g/mol. The van der Waals surface area contributed by atoms with Gasteiger partial charge in [0.05, 0.1) is 11.5 Å². The number of rotatable bonds is 5. The van der Waals surface area contributed by atoms with Gasteiger partial charge in [0.2, 0.25) is 5.91 Å². The van der Waals surface area contributed by atoms with Crippen LogP contribution in [0.5, 0.6) is 0 Å². The Kier molecular flexibility index (Phi) is 4.74. The summed E-state index contributed by atoms with van der Waals surface area (Å²) in [6.45, 7) is 5.70. The monoisotopic (exact) mass is 260 g/mol. The maximum Gasteiger partial charge on any atom is 0.227 e. The van der Waals surface area contributed by atoms with E-state index in [9.17, 15) is 4.79 Å². The number of thiazole rings is 1. The van der Waals surface area contributed by atoms with Gasteiger partial charge in [-0.1, -0.05) is 6.92 Å². The highest BCUT2D eigenvalue weighted by Gasteiger charge is 2.28. The van der Waals surface area contributed by atoms with Crippen molar-refractivity contribution in [3.8, 4) is 0 Å². The third-order valence-corrected chi connectivity index (χ3v) is 3.97. The van der Waals surface area contributed by atoms with E-state index in [0.717, 1.165) is 11.4 Å². The number of aromatic nitrogens is 1. The predicted octanol–water partition coefficient (Wildman–Crippen LogP) is 2.98. The highest BCUT2D eigenvalue weighted by atomic mass is 35.5. The molecule has 0 aliphatic rings. The molecule has 1 aromatic heterocycles. The van der Waals surface area contributed by atoms with E-state index in [1.807, 2.05) is 26.2 Å². The Labute approximate surface area is 105 Å². The molecule has 0 aliphatic heterocycles. The minimum absolute atomic E-state index is 0.00464. The molecule has 1 N–H and O–H groups in total. The third kappa shape index (κ3) is 3.19. The van der Waals surface area contributed by atoms with E-state index in [1.54, 1.807) is 17.5 Å².